The summed E-state index contributed by atoms with van der Waals surface area (Å²) < 4.78 is 0. The first kappa shape index (κ1) is 18.4. The average molecular weight is 386 g/mol. The molecule has 6 nitrogen and oxygen atoms in total. The largest absolute Gasteiger partial charge is 0.348 e. The lowest BCUT2D eigenvalue weighted by Gasteiger charge is -2.40. The third kappa shape index (κ3) is 4.65. The maximum Gasteiger partial charge on any atom is 0.263 e. The highest BCUT2D eigenvalue weighted by Crippen LogP contribution is 2.28. The topological polar surface area (TPSA) is 61.4 Å². The van der Waals surface area contributed by atoms with Crippen LogP contribution in [0.4, 0.5) is 5.13 Å². The van der Waals surface area contributed by atoms with Crippen LogP contribution >= 0.6 is 11.3 Å². The summed E-state index contributed by atoms with van der Waals surface area (Å²) in [5.74, 6) is -0.0567. The zero-order valence-corrected chi connectivity index (χ0v) is 16.5. The van der Waals surface area contributed by atoms with Gasteiger partial charge in [-0.05, 0) is 56.5 Å². The maximum atomic E-state index is 12.4. The first-order valence-corrected chi connectivity index (χ1v) is 10.7. The molecule has 2 aliphatic heterocycles. The van der Waals surface area contributed by atoms with Crippen molar-refractivity contribution in [2.45, 2.75) is 44.7 Å². The van der Waals surface area contributed by atoms with Gasteiger partial charge in [0.05, 0.1) is 6.20 Å². The molecule has 7 heteroatoms. The molecule has 2 saturated heterocycles. The maximum absolute atomic E-state index is 12.4. The minimum absolute atomic E-state index is 0.0567. The quantitative estimate of drug-likeness (QED) is 0.857. The van der Waals surface area contributed by atoms with Crippen molar-refractivity contribution in [3.05, 3.63) is 41.2 Å². The molecule has 0 spiro atoms. The zero-order chi connectivity index (χ0) is 18.5. The Morgan fingerprint density at radius 3 is 2.59 bits per heavy atom. The number of nitrogens with one attached hydrogen (secondary N) is 1. The Labute approximate surface area is 164 Å². The molecule has 2 aromatic rings. The van der Waals surface area contributed by atoms with Crippen LogP contribution in [-0.2, 0) is 6.54 Å². The van der Waals surface area contributed by atoms with Crippen molar-refractivity contribution in [3.63, 3.8) is 0 Å². The fourth-order valence-electron chi connectivity index (χ4n) is 3.99. The molecule has 1 N–H and O–H groups in total. The molecule has 0 aliphatic carbocycles. The van der Waals surface area contributed by atoms with E-state index in [0.717, 1.165) is 29.8 Å². The predicted molar refractivity (Wildman–Crippen MR) is 108 cm³/mol. The molecule has 0 unspecified atom stereocenters. The van der Waals surface area contributed by atoms with Gasteiger partial charge in [-0.15, -0.1) is 0 Å². The van der Waals surface area contributed by atoms with Gasteiger partial charge in [0.2, 0.25) is 0 Å². The van der Waals surface area contributed by atoms with Crippen molar-refractivity contribution < 1.29 is 4.79 Å². The van der Waals surface area contributed by atoms with E-state index < -0.39 is 0 Å². The highest BCUT2D eigenvalue weighted by atomic mass is 32.1. The number of rotatable bonds is 5. The van der Waals surface area contributed by atoms with E-state index >= 15 is 0 Å². The van der Waals surface area contributed by atoms with Gasteiger partial charge in [0.15, 0.2) is 5.13 Å². The van der Waals surface area contributed by atoms with Crippen molar-refractivity contribution in [1.29, 1.82) is 0 Å². The van der Waals surface area contributed by atoms with Crippen LogP contribution in [0.5, 0.6) is 0 Å². The minimum Gasteiger partial charge on any atom is -0.348 e. The van der Waals surface area contributed by atoms with E-state index in [0.29, 0.717) is 11.4 Å². The minimum atomic E-state index is -0.0567. The number of aromatic nitrogens is 2. The lowest BCUT2D eigenvalue weighted by atomic mass is 10.0. The zero-order valence-electron chi connectivity index (χ0n) is 15.6. The number of nitrogens with zero attached hydrogens (tertiary/aromatic N) is 4. The summed E-state index contributed by atoms with van der Waals surface area (Å²) in [5, 5.41) is 3.93. The molecule has 0 saturated carbocycles. The Morgan fingerprint density at radius 2 is 1.85 bits per heavy atom. The summed E-state index contributed by atoms with van der Waals surface area (Å²) >= 11 is 1.50. The molecule has 0 aromatic carbocycles. The van der Waals surface area contributed by atoms with Crippen molar-refractivity contribution in [1.82, 2.24) is 20.2 Å². The number of amides is 1. The second-order valence-electron chi connectivity index (χ2n) is 7.36. The van der Waals surface area contributed by atoms with E-state index in [1.807, 2.05) is 12.1 Å². The number of anilines is 1. The van der Waals surface area contributed by atoms with Crippen molar-refractivity contribution in [2.75, 3.05) is 31.1 Å². The molecule has 1 amide bonds. The summed E-state index contributed by atoms with van der Waals surface area (Å²) in [5.41, 5.74) is 1.04. The second-order valence-corrected chi connectivity index (χ2v) is 8.37. The molecule has 0 radical (unpaired) electrons. The fourth-order valence-corrected chi connectivity index (χ4v) is 4.88. The lowest BCUT2D eigenvalue weighted by Crippen LogP contribution is -2.46. The molecule has 27 heavy (non-hydrogen) atoms. The van der Waals surface area contributed by atoms with E-state index in [1.165, 1.54) is 56.5 Å². The molecule has 2 aliphatic rings. The Hall–Kier alpha value is -1.99. The first-order chi connectivity index (χ1) is 13.3. The highest BCUT2D eigenvalue weighted by Gasteiger charge is 2.27. The number of thiazole rings is 1. The van der Waals surface area contributed by atoms with Gasteiger partial charge in [0.1, 0.15) is 4.88 Å². The number of hydrogen-bond acceptors (Lipinski definition) is 6. The van der Waals surface area contributed by atoms with Gasteiger partial charge in [-0.25, -0.2) is 4.98 Å². The number of carbonyl (C=O) groups is 1. The number of likely N-dealkylation sites (tertiary alicyclic amines) is 1. The van der Waals surface area contributed by atoms with Crippen molar-refractivity contribution in [3.8, 4) is 0 Å². The van der Waals surface area contributed by atoms with Crippen LogP contribution in [0.3, 0.4) is 0 Å². The van der Waals surface area contributed by atoms with Crippen LogP contribution in [0.15, 0.2) is 30.7 Å². The van der Waals surface area contributed by atoms with Gasteiger partial charge >= 0.3 is 0 Å². The lowest BCUT2D eigenvalue weighted by molar-refractivity contribution is 0.0954. The summed E-state index contributed by atoms with van der Waals surface area (Å²) in [7, 11) is 0. The summed E-state index contributed by atoms with van der Waals surface area (Å²) in [6.07, 6.45) is 11.7. The highest BCUT2D eigenvalue weighted by molar-refractivity contribution is 7.17. The first-order valence-electron chi connectivity index (χ1n) is 9.91. The number of pyridine rings is 1. The summed E-state index contributed by atoms with van der Waals surface area (Å²) in [6, 6.07) is 4.54. The van der Waals surface area contributed by atoms with Crippen LogP contribution in [0.1, 0.15) is 47.3 Å². The molecule has 2 aromatic heterocycles. The van der Waals surface area contributed by atoms with E-state index in [1.54, 1.807) is 18.6 Å². The van der Waals surface area contributed by atoms with Crippen LogP contribution in [-0.4, -0.2) is 53.0 Å². The monoisotopic (exact) mass is 385 g/mol. The van der Waals surface area contributed by atoms with E-state index in [4.69, 9.17) is 0 Å². The average Bonchev–Trinajstić information content (AvgIpc) is 3.24. The number of piperidine rings is 2. The van der Waals surface area contributed by atoms with E-state index in [9.17, 15) is 4.79 Å². The van der Waals surface area contributed by atoms with Crippen molar-refractivity contribution >= 4 is 22.4 Å². The van der Waals surface area contributed by atoms with Gasteiger partial charge in [-0.2, -0.15) is 0 Å². The second kappa shape index (κ2) is 8.80. The van der Waals surface area contributed by atoms with Crippen LogP contribution in [0.2, 0.25) is 0 Å². The Balaban J connectivity index is 1.28. The fraction of sp³-hybridized carbons (Fsp3) is 0.550. The molecular formula is C20H27N5OS. The smallest absolute Gasteiger partial charge is 0.263 e. The Bertz CT molecular complexity index is 736. The van der Waals surface area contributed by atoms with Crippen LogP contribution < -0.4 is 10.2 Å². The van der Waals surface area contributed by atoms with E-state index in [-0.39, 0.29) is 5.91 Å². The van der Waals surface area contributed by atoms with Crippen LogP contribution in [0, 0.1) is 0 Å². The summed E-state index contributed by atoms with van der Waals surface area (Å²) in [4.78, 5) is 26.6. The van der Waals surface area contributed by atoms with Gasteiger partial charge < -0.3 is 15.1 Å². The predicted octanol–water partition coefficient (Wildman–Crippen LogP) is 2.92. The van der Waals surface area contributed by atoms with Gasteiger partial charge in [0, 0.05) is 38.1 Å². The van der Waals surface area contributed by atoms with Gasteiger partial charge in [0.25, 0.3) is 5.91 Å². The molecule has 4 heterocycles. The third-order valence-corrected chi connectivity index (χ3v) is 6.62. The van der Waals surface area contributed by atoms with Crippen molar-refractivity contribution in [2.24, 2.45) is 0 Å². The summed E-state index contributed by atoms with van der Waals surface area (Å²) in [6.45, 7) is 5.11. The van der Waals surface area contributed by atoms with Gasteiger partial charge in [-0.3, -0.25) is 9.78 Å². The van der Waals surface area contributed by atoms with Crippen LogP contribution in [0.25, 0.3) is 0 Å². The number of carbonyl (C=O) groups excluding carboxylic acids is 1. The molecule has 144 valence electrons. The Kier molecular flexibility index (Phi) is 5.99. The third-order valence-electron chi connectivity index (χ3n) is 5.56. The molecule has 0 atom stereocenters. The number of hydrogen-bond donors (Lipinski definition) is 1. The molecular weight excluding hydrogens is 358 g/mol. The Morgan fingerprint density at radius 1 is 1.11 bits per heavy atom. The molecule has 0 bridgehead atoms. The molecule has 2 fully saturated rings. The standard InChI is InChI=1S/C20H27N5OS/c26-19(22-14-16-4-8-21-9-5-16)18-15-23-20(27-18)25-12-6-17(7-13-25)24-10-2-1-3-11-24/h4-5,8-9,15,17H,1-3,6-7,10-14H2,(H,22,26). The van der Waals surface area contributed by atoms with Gasteiger partial charge in [-0.1, -0.05) is 17.8 Å². The normalized spacial score (nSPS) is 19.2. The molecule has 4 rings (SSSR count). The SMILES string of the molecule is O=C(NCc1ccncc1)c1cnc(N2CCC(N3CCCCC3)CC2)s1. The van der Waals surface area contributed by atoms with E-state index in [2.05, 4.69) is 25.1 Å².